The highest BCUT2D eigenvalue weighted by Crippen LogP contribution is 2.22. The molecule has 0 aliphatic carbocycles. The molecule has 0 saturated carbocycles. The minimum atomic E-state index is -3.07. The molecule has 3 rings (SSSR count). The van der Waals surface area contributed by atoms with Crippen LogP contribution in [0.25, 0.3) is 5.69 Å². The molecule has 122 valence electrons. The lowest BCUT2D eigenvalue weighted by molar-refractivity contribution is 0.0658. The third kappa shape index (κ3) is 2.76. The molecule has 0 atom stereocenters. The smallest absolute Gasteiger partial charge is 0.257 e. The van der Waals surface area contributed by atoms with Gasteiger partial charge in [0.05, 0.1) is 28.4 Å². The number of benzene rings is 1. The van der Waals surface area contributed by atoms with Gasteiger partial charge in [-0.15, -0.1) is 0 Å². The van der Waals surface area contributed by atoms with Gasteiger partial charge in [-0.25, -0.2) is 13.1 Å². The van der Waals surface area contributed by atoms with Crippen molar-refractivity contribution in [2.45, 2.75) is 19.1 Å². The van der Waals surface area contributed by atoms with Crippen molar-refractivity contribution in [3.8, 4) is 5.69 Å². The van der Waals surface area contributed by atoms with Gasteiger partial charge in [0.25, 0.3) is 5.91 Å². The molecule has 1 aliphatic heterocycles. The average molecular weight is 333 g/mol. The second-order valence-corrected chi connectivity index (χ2v) is 8.24. The first-order valence-electron chi connectivity index (χ1n) is 7.55. The topological polar surface area (TPSA) is 72.3 Å². The Kier molecular flexibility index (Phi) is 3.97. The van der Waals surface area contributed by atoms with Crippen molar-refractivity contribution in [1.82, 2.24) is 14.7 Å². The molecule has 0 unspecified atom stereocenters. The van der Waals surface area contributed by atoms with Crippen LogP contribution < -0.4 is 0 Å². The van der Waals surface area contributed by atoms with Crippen LogP contribution in [0.4, 0.5) is 0 Å². The first kappa shape index (κ1) is 15.7. The molecule has 0 spiro atoms. The predicted octanol–water partition coefficient (Wildman–Crippen LogP) is 1.44. The van der Waals surface area contributed by atoms with Gasteiger partial charge < -0.3 is 4.90 Å². The van der Waals surface area contributed by atoms with Crippen LogP contribution in [0.3, 0.4) is 0 Å². The van der Waals surface area contributed by atoms with E-state index in [1.807, 2.05) is 37.3 Å². The van der Waals surface area contributed by atoms with Gasteiger partial charge in [0, 0.05) is 18.8 Å². The number of rotatable bonds is 4. The lowest BCUT2D eigenvalue weighted by atomic mass is 10.1. The Morgan fingerprint density at radius 2 is 1.91 bits per heavy atom. The Labute approximate surface area is 135 Å². The molecule has 2 heterocycles. The maximum atomic E-state index is 12.5. The van der Waals surface area contributed by atoms with Crippen molar-refractivity contribution in [2.75, 3.05) is 18.8 Å². The summed E-state index contributed by atoms with van der Waals surface area (Å²) in [7, 11) is -3.07. The monoisotopic (exact) mass is 333 g/mol. The first-order chi connectivity index (χ1) is 10.9. The number of para-hydroxylation sites is 1. The molecule has 7 heteroatoms. The highest BCUT2D eigenvalue weighted by Gasteiger charge is 2.39. The maximum absolute atomic E-state index is 12.5. The summed E-state index contributed by atoms with van der Waals surface area (Å²) in [5, 5.41) is 3.85. The van der Waals surface area contributed by atoms with Gasteiger partial charge in [-0.2, -0.15) is 5.10 Å². The van der Waals surface area contributed by atoms with Gasteiger partial charge in [-0.1, -0.05) is 25.1 Å². The molecule has 1 aliphatic rings. The molecule has 1 fully saturated rings. The molecule has 1 saturated heterocycles. The Morgan fingerprint density at radius 1 is 1.26 bits per heavy atom. The van der Waals surface area contributed by atoms with Gasteiger partial charge in [0.15, 0.2) is 9.84 Å². The number of aromatic nitrogens is 2. The van der Waals surface area contributed by atoms with Crippen LogP contribution >= 0.6 is 0 Å². The number of carbonyl (C=O) groups excluding carboxylic acids is 1. The third-order valence-corrected chi connectivity index (χ3v) is 6.41. The fourth-order valence-corrected chi connectivity index (χ4v) is 3.97. The van der Waals surface area contributed by atoms with Crippen LogP contribution in [0, 0.1) is 6.92 Å². The molecule has 1 amide bonds. The number of hydrogen-bond acceptors (Lipinski definition) is 4. The number of carbonyl (C=O) groups is 1. The van der Waals surface area contributed by atoms with Gasteiger partial charge >= 0.3 is 0 Å². The Hall–Kier alpha value is -2.15. The molecule has 6 nitrogen and oxygen atoms in total. The third-order valence-electron chi connectivity index (χ3n) is 4.29. The van der Waals surface area contributed by atoms with Crippen molar-refractivity contribution in [3.05, 3.63) is 47.8 Å². The van der Waals surface area contributed by atoms with E-state index in [4.69, 9.17) is 0 Å². The van der Waals surface area contributed by atoms with E-state index in [-0.39, 0.29) is 24.7 Å². The van der Waals surface area contributed by atoms with Crippen LogP contribution in [0.15, 0.2) is 36.5 Å². The number of amides is 1. The van der Waals surface area contributed by atoms with E-state index in [9.17, 15) is 13.2 Å². The molecule has 1 aromatic carbocycles. The van der Waals surface area contributed by atoms with Crippen LogP contribution in [0.2, 0.25) is 0 Å². The second kappa shape index (κ2) is 5.81. The second-order valence-electron chi connectivity index (χ2n) is 5.67. The largest absolute Gasteiger partial charge is 0.336 e. The number of likely N-dealkylation sites (tertiary alicyclic amines) is 1. The zero-order valence-corrected chi connectivity index (χ0v) is 14.0. The highest BCUT2D eigenvalue weighted by molar-refractivity contribution is 7.92. The normalized spacial score (nSPS) is 15.5. The van der Waals surface area contributed by atoms with Crippen molar-refractivity contribution in [3.63, 3.8) is 0 Å². The zero-order chi connectivity index (χ0) is 16.6. The van der Waals surface area contributed by atoms with E-state index >= 15 is 0 Å². The van der Waals surface area contributed by atoms with Crippen molar-refractivity contribution >= 4 is 15.7 Å². The molecule has 23 heavy (non-hydrogen) atoms. The predicted molar refractivity (Wildman–Crippen MR) is 87.5 cm³/mol. The lowest BCUT2D eigenvalue weighted by Gasteiger charge is -2.38. The van der Waals surface area contributed by atoms with Crippen molar-refractivity contribution in [2.24, 2.45) is 0 Å². The summed E-state index contributed by atoms with van der Waals surface area (Å²) in [6.07, 6.45) is 1.55. The molecular weight excluding hydrogens is 314 g/mol. The van der Waals surface area contributed by atoms with Crippen molar-refractivity contribution < 1.29 is 13.2 Å². The number of nitrogens with zero attached hydrogens (tertiary/aromatic N) is 3. The van der Waals surface area contributed by atoms with E-state index in [0.717, 1.165) is 11.4 Å². The first-order valence-corrected chi connectivity index (χ1v) is 9.26. The fourth-order valence-electron chi connectivity index (χ4n) is 2.69. The highest BCUT2D eigenvalue weighted by atomic mass is 32.2. The van der Waals surface area contributed by atoms with Gasteiger partial charge in [0.1, 0.15) is 0 Å². The minimum Gasteiger partial charge on any atom is -0.336 e. The van der Waals surface area contributed by atoms with E-state index in [1.165, 1.54) is 0 Å². The SMILES string of the molecule is CCS(=O)(=O)C1CN(C(=O)c2cnn(-c3ccccc3)c2C)C1. The molecule has 0 bridgehead atoms. The summed E-state index contributed by atoms with van der Waals surface area (Å²) in [5.41, 5.74) is 2.16. The zero-order valence-electron chi connectivity index (χ0n) is 13.1. The van der Waals surface area contributed by atoms with Crippen LogP contribution in [0.5, 0.6) is 0 Å². The molecule has 1 aromatic heterocycles. The summed E-state index contributed by atoms with van der Waals surface area (Å²) in [6, 6.07) is 9.58. The average Bonchev–Trinajstić information content (AvgIpc) is 2.88. The van der Waals surface area contributed by atoms with Gasteiger partial charge in [-0.3, -0.25) is 4.79 Å². The van der Waals surface area contributed by atoms with Gasteiger partial charge in [0.2, 0.25) is 0 Å². The van der Waals surface area contributed by atoms with Gasteiger partial charge in [-0.05, 0) is 19.1 Å². The molecule has 0 radical (unpaired) electrons. The minimum absolute atomic E-state index is 0.116. The Morgan fingerprint density at radius 3 is 2.52 bits per heavy atom. The Bertz CT molecular complexity index is 822. The van der Waals surface area contributed by atoms with E-state index in [1.54, 1.807) is 22.7 Å². The maximum Gasteiger partial charge on any atom is 0.257 e. The Balaban J connectivity index is 1.77. The standard InChI is InChI=1S/C16H19N3O3S/c1-3-23(21,22)14-10-18(11-14)16(20)15-9-17-19(12(15)2)13-7-5-4-6-8-13/h4-9,14H,3,10-11H2,1-2H3. The van der Waals surface area contributed by atoms with Crippen LogP contribution in [0.1, 0.15) is 23.0 Å². The summed E-state index contributed by atoms with van der Waals surface area (Å²) >= 11 is 0. The molecule has 0 N–H and O–H groups in total. The summed E-state index contributed by atoms with van der Waals surface area (Å²) in [4.78, 5) is 14.1. The number of hydrogen-bond donors (Lipinski definition) is 0. The van der Waals surface area contributed by atoms with Crippen molar-refractivity contribution in [1.29, 1.82) is 0 Å². The fraction of sp³-hybridized carbons (Fsp3) is 0.375. The molecule has 2 aromatic rings. The van der Waals surface area contributed by atoms with E-state index in [0.29, 0.717) is 5.56 Å². The summed E-state index contributed by atoms with van der Waals surface area (Å²) < 4.78 is 25.3. The van der Waals surface area contributed by atoms with E-state index in [2.05, 4.69) is 5.10 Å². The lowest BCUT2D eigenvalue weighted by Crippen LogP contribution is -2.57. The number of sulfone groups is 1. The van der Waals surface area contributed by atoms with Crippen LogP contribution in [-0.4, -0.2) is 53.1 Å². The van der Waals surface area contributed by atoms with E-state index < -0.39 is 15.1 Å². The quantitative estimate of drug-likeness (QED) is 0.849. The summed E-state index contributed by atoms with van der Waals surface area (Å²) in [5.74, 6) is -0.0442. The van der Waals surface area contributed by atoms with Crippen LogP contribution in [-0.2, 0) is 9.84 Å². The molecular formula is C16H19N3O3S. The summed E-state index contributed by atoms with van der Waals surface area (Å²) in [6.45, 7) is 4.01.